The third-order valence-corrected chi connectivity index (χ3v) is 7.64. The lowest BCUT2D eigenvalue weighted by molar-refractivity contribution is 0.103. The van der Waals surface area contributed by atoms with E-state index in [2.05, 4.69) is 41.6 Å². The highest BCUT2D eigenvalue weighted by Gasteiger charge is 2.25. The number of amides is 1. The van der Waals surface area contributed by atoms with E-state index in [-0.39, 0.29) is 5.91 Å². The number of benzene rings is 1. The van der Waals surface area contributed by atoms with E-state index in [0.29, 0.717) is 12.0 Å². The Balaban J connectivity index is 1.52. The molecule has 142 valence electrons. The Kier molecular flexibility index (Phi) is 5.62. The van der Waals surface area contributed by atoms with Gasteiger partial charge in [-0.3, -0.25) is 4.79 Å². The highest BCUT2D eigenvalue weighted by Crippen LogP contribution is 2.38. The van der Waals surface area contributed by atoms with E-state index < -0.39 is 0 Å². The Bertz CT molecular complexity index is 908. The molecule has 1 atom stereocenters. The number of rotatable bonds is 5. The summed E-state index contributed by atoms with van der Waals surface area (Å²) in [4.78, 5) is 15.7. The molecule has 1 N–H and O–H groups in total. The van der Waals surface area contributed by atoms with Crippen LogP contribution in [0.5, 0.6) is 0 Å². The lowest BCUT2D eigenvalue weighted by atomic mass is 9.88. The number of nitrogens with one attached hydrogen (secondary N) is 1. The minimum Gasteiger partial charge on any atom is -0.321 e. The highest BCUT2D eigenvalue weighted by atomic mass is 32.1. The third-order valence-electron chi connectivity index (χ3n) is 5.79. The smallest absolute Gasteiger partial charge is 0.265 e. The third kappa shape index (κ3) is 3.96. The number of hydrogen-bond acceptors (Lipinski definition) is 4. The van der Waals surface area contributed by atoms with Crippen LogP contribution in [-0.4, -0.2) is 29.9 Å². The maximum Gasteiger partial charge on any atom is 0.265 e. The normalized spacial score (nSPS) is 17.3. The number of anilines is 1. The molecule has 1 aliphatic heterocycles. The van der Waals surface area contributed by atoms with Crippen molar-refractivity contribution in [3.05, 3.63) is 51.5 Å². The summed E-state index contributed by atoms with van der Waals surface area (Å²) in [5, 5.41) is 8.63. The van der Waals surface area contributed by atoms with Crippen LogP contribution in [0, 0.1) is 0 Å². The van der Waals surface area contributed by atoms with Gasteiger partial charge in [0.2, 0.25) is 0 Å². The molecule has 0 aliphatic carbocycles. The van der Waals surface area contributed by atoms with E-state index >= 15 is 0 Å². The summed E-state index contributed by atoms with van der Waals surface area (Å²) in [6, 6.07) is 10.8. The Morgan fingerprint density at radius 1 is 1.26 bits per heavy atom. The van der Waals surface area contributed by atoms with Crippen molar-refractivity contribution in [2.45, 2.75) is 45.1 Å². The topological polar surface area (TPSA) is 32.3 Å². The van der Waals surface area contributed by atoms with E-state index in [4.69, 9.17) is 0 Å². The molecule has 5 heteroatoms. The van der Waals surface area contributed by atoms with Crippen LogP contribution in [0.1, 0.15) is 54.3 Å². The highest BCUT2D eigenvalue weighted by molar-refractivity contribution is 7.17. The molecule has 3 heterocycles. The summed E-state index contributed by atoms with van der Waals surface area (Å²) in [5.41, 5.74) is 2.35. The van der Waals surface area contributed by atoms with Gasteiger partial charge in [-0.05, 0) is 91.2 Å². The van der Waals surface area contributed by atoms with Crippen LogP contribution >= 0.6 is 22.7 Å². The molecule has 1 unspecified atom stereocenters. The Morgan fingerprint density at radius 3 is 2.78 bits per heavy atom. The van der Waals surface area contributed by atoms with Gasteiger partial charge in [-0.2, -0.15) is 0 Å². The Labute approximate surface area is 169 Å². The van der Waals surface area contributed by atoms with Gasteiger partial charge in [0.05, 0.1) is 4.88 Å². The molecule has 1 aliphatic rings. The van der Waals surface area contributed by atoms with Gasteiger partial charge in [-0.15, -0.1) is 22.7 Å². The number of fused-ring (bicyclic) bond motifs is 1. The van der Waals surface area contributed by atoms with Crippen molar-refractivity contribution in [1.29, 1.82) is 0 Å². The number of thiophene rings is 2. The summed E-state index contributed by atoms with van der Waals surface area (Å²) >= 11 is 3.29. The quantitative estimate of drug-likeness (QED) is 0.555. The van der Waals surface area contributed by atoms with Gasteiger partial charge >= 0.3 is 0 Å². The first-order valence-electron chi connectivity index (χ1n) is 9.75. The number of likely N-dealkylation sites (tertiary alicyclic amines) is 1. The predicted molar refractivity (Wildman–Crippen MR) is 117 cm³/mol. The molecule has 0 radical (unpaired) electrons. The SMILES string of the molecule is CCC(C)N1CCC(c2csc3ccc(NC(=O)c4cccs4)cc23)CC1. The van der Waals surface area contributed by atoms with E-state index in [1.54, 1.807) is 0 Å². The lowest BCUT2D eigenvalue weighted by Gasteiger charge is -2.35. The van der Waals surface area contributed by atoms with Gasteiger partial charge in [0.15, 0.2) is 0 Å². The van der Waals surface area contributed by atoms with Crippen molar-refractivity contribution >= 4 is 44.4 Å². The van der Waals surface area contributed by atoms with Crippen molar-refractivity contribution < 1.29 is 4.79 Å². The van der Waals surface area contributed by atoms with Crippen LogP contribution < -0.4 is 5.32 Å². The van der Waals surface area contributed by atoms with Crippen molar-refractivity contribution in [2.24, 2.45) is 0 Å². The van der Waals surface area contributed by atoms with Crippen LogP contribution in [0.4, 0.5) is 5.69 Å². The second-order valence-electron chi connectivity index (χ2n) is 7.40. The zero-order valence-electron chi connectivity index (χ0n) is 15.9. The van der Waals surface area contributed by atoms with Crippen molar-refractivity contribution in [3.8, 4) is 0 Å². The van der Waals surface area contributed by atoms with Gasteiger partial charge in [0.1, 0.15) is 0 Å². The summed E-state index contributed by atoms with van der Waals surface area (Å²) in [6.45, 7) is 6.98. The second kappa shape index (κ2) is 8.13. The standard InChI is InChI=1S/C22H26N2OS2/c1-3-15(2)24-10-8-16(9-11-24)19-14-27-20-7-6-17(13-18(19)20)23-22(25)21-5-4-12-26-21/h4-7,12-16H,3,8-11H2,1-2H3,(H,23,25). The van der Waals surface area contributed by atoms with Gasteiger partial charge < -0.3 is 10.2 Å². The summed E-state index contributed by atoms with van der Waals surface area (Å²) in [6.07, 6.45) is 3.67. The maximum absolute atomic E-state index is 12.4. The molecule has 0 bridgehead atoms. The molecular weight excluding hydrogens is 372 g/mol. The Hall–Kier alpha value is -1.69. The molecule has 2 aromatic heterocycles. The number of carbonyl (C=O) groups is 1. The second-order valence-corrected chi connectivity index (χ2v) is 9.26. The molecule has 3 aromatic rings. The largest absolute Gasteiger partial charge is 0.321 e. The molecule has 4 rings (SSSR count). The molecule has 0 saturated carbocycles. The van der Waals surface area contributed by atoms with Crippen LogP contribution in [0.25, 0.3) is 10.1 Å². The minimum atomic E-state index is -0.0250. The maximum atomic E-state index is 12.4. The van der Waals surface area contributed by atoms with E-state index in [1.165, 1.54) is 59.3 Å². The van der Waals surface area contributed by atoms with Crippen LogP contribution in [0.3, 0.4) is 0 Å². The molecule has 1 aromatic carbocycles. The summed E-state index contributed by atoms with van der Waals surface area (Å²) in [5.74, 6) is 0.602. The van der Waals surface area contributed by atoms with Crippen LogP contribution in [-0.2, 0) is 0 Å². The van der Waals surface area contributed by atoms with Gasteiger partial charge in [0, 0.05) is 16.4 Å². The Morgan fingerprint density at radius 2 is 2.07 bits per heavy atom. The number of piperidine rings is 1. The number of carbonyl (C=O) groups excluding carboxylic acids is 1. The first-order valence-corrected chi connectivity index (χ1v) is 11.5. The van der Waals surface area contributed by atoms with E-state index in [1.807, 2.05) is 34.9 Å². The fraction of sp³-hybridized carbons (Fsp3) is 0.409. The number of hydrogen-bond donors (Lipinski definition) is 1. The van der Waals surface area contributed by atoms with Crippen LogP contribution in [0.2, 0.25) is 0 Å². The van der Waals surface area contributed by atoms with Gasteiger partial charge in [0.25, 0.3) is 5.91 Å². The molecule has 1 saturated heterocycles. The van der Waals surface area contributed by atoms with Crippen molar-refractivity contribution in [2.75, 3.05) is 18.4 Å². The van der Waals surface area contributed by atoms with Gasteiger partial charge in [-0.1, -0.05) is 13.0 Å². The fourth-order valence-corrected chi connectivity index (χ4v) is 5.60. The van der Waals surface area contributed by atoms with Crippen LogP contribution in [0.15, 0.2) is 41.1 Å². The number of nitrogens with zero attached hydrogens (tertiary/aromatic N) is 1. The first-order chi connectivity index (χ1) is 13.2. The fourth-order valence-electron chi connectivity index (χ4n) is 3.95. The average molecular weight is 399 g/mol. The molecule has 27 heavy (non-hydrogen) atoms. The van der Waals surface area contributed by atoms with E-state index in [0.717, 1.165) is 10.6 Å². The molecule has 3 nitrogen and oxygen atoms in total. The first kappa shape index (κ1) is 18.7. The average Bonchev–Trinajstić information content (AvgIpc) is 3.37. The minimum absolute atomic E-state index is 0.0250. The molecule has 1 amide bonds. The molecule has 0 spiro atoms. The molecular formula is C22H26N2OS2. The monoisotopic (exact) mass is 398 g/mol. The predicted octanol–water partition coefficient (Wildman–Crippen LogP) is 6.19. The van der Waals surface area contributed by atoms with E-state index in [9.17, 15) is 4.79 Å². The van der Waals surface area contributed by atoms with Crippen molar-refractivity contribution in [3.63, 3.8) is 0 Å². The zero-order valence-corrected chi connectivity index (χ0v) is 17.5. The summed E-state index contributed by atoms with van der Waals surface area (Å²) < 4.78 is 1.31. The van der Waals surface area contributed by atoms with Crippen molar-refractivity contribution in [1.82, 2.24) is 4.90 Å². The zero-order chi connectivity index (χ0) is 18.8. The van der Waals surface area contributed by atoms with Gasteiger partial charge in [-0.25, -0.2) is 0 Å². The lowest BCUT2D eigenvalue weighted by Crippen LogP contribution is -2.39. The summed E-state index contributed by atoms with van der Waals surface area (Å²) in [7, 11) is 0. The molecule has 1 fully saturated rings.